The number of hydrogen-bond acceptors (Lipinski definition) is 5. The van der Waals surface area contributed by atoms with Gasteiger partial charge in [-0.25, -0.2) is 0 Å². The zero-order valence-electron chi connectivity index (χ0n) is 16.2. The summed E-state index contributed by atoms with van der Waals surface area (Å²) in [6, 6.07) is 8.22. The molecule has 1 N–H and O–H groups in total. The summed E-state index contributed by atoms with van der Waals surface area (Å²) < 4.78 is 11.2. The highest BCUT2D eigenvalue weighted by molar-refractivity contribution is 5.31. The van der Waals surface area contributed by atoms with Crippen LogP contribution < -0.4 is 4.74 Å². The molecule has 0 bridgehead atoms. The third-order valence-electron chi connectivity index (χ3n) is 4.59. The first kappa shape index (κ1) is 20.2. The minimum atomic E-state index is -0.436. The lowest BCUT2D eigenvalue weighted by Crippen LogP contribution is -2.47. The smallest absolute Gasteiger partial charge is 0.119 e. The quantitative estimate of drug-likeness (QED) is 0.727. The van der Waals surface area contributed by atoms with Gasteiger partial charge in [-0.15, -0.1) is 0 Å². The number of likely N-dealkylation sites (N-methyl/N-ethyl adjacent to an activating group) is 1. The minimum Gasteiger partial charge on any atom is -0.491 e. The summed E-state index contributed by atoms with van der Waals surface area (Å²) >= 11 is 0. The SMILES string of the molecule is CN1CCN(C[C@H](O)COCCOc2ccc(C(C)(C)C)cc2)CC1. The number of benzene rings is 1. The first-order valence-electron chi connectivity index (χ1n) is 9.24. The Kier molecular flexibility index (Phi) is 7.69. The molecule has 1 aromatic rings. The van der Waals surface area contributed by atoms with Gasteiger partial charge in [0.15, 0.2) is 0 Å². The molecule has 1 atom stereocenters. The molecule has 0 spiro atoms. The number of rotatable bonds is 8. The van der Waals surface area contributed by atoms with Crippen molar-refractivity contribution in [3.63, 3.8) is 0 Å². The molecule has 1 saturated heterocycles. The molecular formula is C20H34N2O3. The molecule has 25 heavy (non-hydrogen) atoms. The second-order valence-corrected chi connectivity index (χ2v) is 7.96. The summed E-state index contributed by atoms with van der Waals surface area (Å²) in [5, 5.41) is 10.1. The minimum absolute atomic E-state index is 0.154. The Hall–Kier alpha value is -1.14. The lowest BCUT2D eigenvalue weighted by molar-refractivity contribution is 0.00149. The summed E-state index contributed by atoms with van der Waals surface area (Å²) in [4.78, 5) is 4.60. The van der Waals surface area contributed by atoms with Gasteiger partial charge in [0.2, 0.25) is 0 Å². The maximum absolute atomic E-state index is 10.1. The number of aliphatic hydroxyl groups is 1. The number of hydrogen-bond donors (Lipinski definition) is 1. The summed E-state index contributed by atoms with van der Waals surface area (Å²) in [5.74, 6) is 0.856. The Morgan fingerprint density at radius 1 is 1.04 bits per heavy atom. The van der Waals surface area contributed by atoms with Gasteiger partial charge in [-0.3, -0.25) is 4.90 Å². The zero-order valence-corrected chi connectivity index (χ0v) is 16.2. The lowest BCUT2D eigenvalue weighted by atomic mass is 9.87. The van der Waals surface area contributed by atoms with Gasteiger partial charge < -0.3 is 19.5 Å². The van der Waals surface area contributed by atoms with E-state index in [1.165, 1.54) is 5.56 Å². The van der Waals surface area contributed by atoms with E-state index >= 15 is 0 Å². The van der Waals surface area contributed by atoms with E-state index in [1.54, 1.807) is 0 Å². The highest BCUT2D eigenvalue weighted by Gasteiger charge is 2.17. The van der Waals surface area contributed by atoms with E-state index in [2.05, 4.69) is 49.8 Å². The van der Waals surface area contributed by atoms with E-state index < -0.39 is 6.10 Å². The van der Waals surface area contributed by atoms with Gasteiger partial charge in [-0.05, 0) is 30.2 Å². The summed E-state index contributed by atoms with van der Waals surface area (Å²) in [5.41, 5.74) is 1.45. The molecule has 1 aliphatic heterocycles. The van der Waals surface area contributed by atoms with Crippen LogP contribution in [0, 0.1) is 0 Å². The standard InChI is InChI=1S/C20H34N2O3/c1-20(2,3)17-5-7-19(8-6-17)25-14-13-24-16-18(23)15-22-11-9-21(4)10-12-22/h5-8,18,23H,9-16H2,1-4H3/t18-/m0/s1. The van der Waals surface area contributed by atoms with Gasteiger partial charge in [0, 0.05) is 32.7 Å². The van der Waals surface area contributed by atoms with E-state index in [1.807, 2.05) is 12.1 Å². The van der Waals surface area contributed by atoms with E-state index in [4.69, 9.17) is 9.47 Å². The maximum atomic E-state index is 10.1. The number of nitrogens with zero attached hydrogens (tertiary/aromatic N) is 2. The molecule has 1 aromatic carbocycles. The third-order valence-corrected chi connectivity index (χ3v) is 4.59. The molecule has 142 valence electrons. The fourth-order valence-corrected chi connectivity index (χ4v) is 2.87. The van der Waals surface area contributed by atoms with Crippen LogP contribution in [0.5, 0.6) is 5.75 Å². The fourth-order valence-electron chi connectivity index (χ4n) is 2.87. The summed E-state index contributed by atoms with van der Waals surface area (Å²) in [7, 11) is 2.13. The Bertz CT molecular complexity index is 491. The largest absolute Gasteiger partial charge is 0.491 e. The maximum Gasteiger partial charge on any atom is 0.119 e. The first-order valence-corrected chi connectivity index (χ1v) is 9.24. The summed E-state index contributed by atoms with van der Waals surface area (Å²) in [6.45, 7) is 12.8. The molecule has 0 aromatic heterocycles. The molecule has 0 saturated carbocycles. The van der Waals surface area contributed by atoms with Gasteiger partial charge >= 0.3 is 0 Å². The first-order chi connectivity index (χ1) is 11.8. The van der Waals surface area contributed by atoms with Crippen LogP contribution in [-0.2, 0) is 10.2 Å². The van der Waals surface area contributed by atoms with Crippen molar-refractivity contribution in [3.8, 4) is 5.75 Å². The van der Waals surface area contributed by atoms with Crippen molar-refractivity contribution in [1.82, 2.24) is 9.80 Å². The topological polar surface area (TPSA) is 45.2 Å². The van der Waals surface area contributed by atoms with Gasteiger partial charge in [-0.2, -0.15) is 0 Å². The van der Waals surface area contributed by atoms with E-state index in [-0.39, 0.29) is 5.41 Å². The van der Waals surface area contributed by atoms with Crippen LogP contribution in [-0.4, -0.2) is 80.6 Å². The van der Waals surface area contributed by atoms with Crippen molar-refractivity contribution in [3.05, 3.63) is 29.8 Å². The lowest BCUT2D eigenvalue weighted by Gasteiger charge is -2.33. The van der Waals surface area contributed by atoms with Crippen LogP contribution in [0.15, 0.2) is 24.3 Å². The normalized spacial score (nSPS) is 18.3. The predicted octanol–water partition coefficient (Wildman–Crippen LogP) is 1.99. The van der Waals surface area contributed by atoms with Crippen molar-refractivity contribution >= 4 is 0 Å². The second kappa shape index (κ2) is 9.53. The molecule has 0 unspecified atom stereocenters. The number of ether oxygens (including phenoxy) is 2. The van der Waals surface area contributed by atoms with Crippen LogP contribution in [0.3, 0.4) is 0 Å². The average Bonchev–Trinajstić information content (AvgIpc) is 2.56. The Balaban J connectivity index is 1.57. The van der Waals surface area contributed by atoms with Crippen LogP contribution >= 0.6 is 0 Å². The highest BCUT2D eigenvalue weighted by Crippen LogP contribution is 2.24. The number of piperazine rings is 1. The van der Waals surface area contributed by atoms with Crippen LogP contribution in [0.2, 0.25) is 0 Å². The Labute approximate surface area is 152 Å². The van der Waals surface area contributed by atoms with Crippen LogP contribution in [0.1, 0.15) is 26.3 Å². The molecule has 1 heterocycles. The molecule has 0 radical (unpaired) electrons. The number of aliphatic hydroxyl groups excluding tert-OH is 1. The van der Waals surface area contributed by atoms with E-state index in [0.717, 1.165) is 31.9 Å². The van der Waals surface area contributed by atoms with Crippen molar-refractivity contribution in [2.75, 3.05) is 59.6 Å². The molecule has 0 amide bonds. The van der Waals surface area contributed by atoms with Crippen molar-refractivity contribution in [2.24, 2.45) is 0 Å². The Morgan fingerprint density at radius 3 is 2.28 bits per heavy atom. The van der Waals surface area contributed by atoms with Gasteiger partial charge in [0.1, 0.15) is 12.4 Å². The van der Waals surface area contributed by atoms with Gasteiger partial charge in [0.05, 0.1) is 19.3 Å². The molecule has 5 nitrogen and oxygen atoms in total. The number of β-amino-alcohol motifs (C(OH)–C–C–N with tert-alkyl or cyclic N) is 1. The zero-order chi connectivity index (χ0) is 18.3. The molecular weight excluding hydrogens is 316 g/mol. The molecule has 0 aliphatic carbocycles. The molecule has 2 rings (SSSR count). The summed E-state index contributed by atoms with van der Waals surface area (Å²) in [6.07, 6.45) is -0.436. The Morgan fingerprint density at radius 2 is 1.68 bits per heavy atom. The van der Waals surface area contributed by atoms with Crippen molar-refractivity contribution < 1.29 is 14.6 Å². The fraction of sp³-hybridized carbons (Fsp3) is 0.700. The second-order valence-electron chi connectivity index (χ2n) is 7.96. The van der Waals surface area contributed by atoms with Crippen LogP contribution in [0.25, 0.3) is 0 Å². The predicted molar refractivity (Wildman–Crippen MR) is 101 cm³/mol. The molecule has 5 heteroatoms. The van der Waals surface area contributed by atoms with Gasteiger partial charge in [-0.1, -0.05) is 32.9 Å². The average molecular weight is 351 g/mol. The van der Waals surface area contributed by atoms with E-state index in [0.29, 0.717) is 26.4 Å². The van der Waals surface area contributed by atoms with Crippen molar-refractivity contribution in [1.29, 1.82) is 0 Å². The van der Waals surface area contributed by atoms with Gasteiger partial charge in [0.25, 0.3) is 0 Å². The highest BCUT2D eigenvalue weighted by atomic mass is 16.5. The van der Waals surface area contributed by atoms with E-state index in [9.17, 15) is 5.11 Å². The molecule has 1 fully saturated rings. The third kappa shape index (κ3) is 7.32. The monoisotopic (exact) mass is 350 g/mol. The molecule has 1 aliphatic rings. The van der Waals surface area contributed by atoms with Crippen LogP contribution in [0.4, 0.5) is 0 Å². The van der Waals surface area contributed by atoms with Crippen molar-refractivity contribution in [2.45, 2.75) is 32.3 Å².